The summed E-state index contributed by atoms with van der Waals surface area (Å²) >= 11 is 1.59. The molecule has 0 amide bonds. The van der Waals surface area contributed by atoms with Gasteiger partial charge in [0.05, 0.1) is 13.2 Å². The molecule has 0 radical (unpaired) electrons. The van der Waals surface area contributed by atoms with Gasteiger partial charge < -0.3 is 5.11 Å². The summed E-state index contributed by atoms with van der Waals surface area (Å²) in [6, 6.07) is 1.94. The Hall–Kier alpha value is -1.27. The molecule has 0 aromatic carbocycles. The molecule has 0 spiro atoms. The number of aliphatic hydroxyl groups excluding tert-OH is 1. The van der Waals surface area contributed by atoms with E-state index in [1.807, 2.05) is 16.8 Å². The Labute approximate surface area is 78.6 Å². The highest BCUT2D eigenvalue weighted by molar-refractivity contribution is 7.08. The van der Waals surface area contributed by atoms with Crippen LogP contribution in [0.4, 0.5) is 0 Å². The molecule has 6 heteroatoms. The minimum atomic E-state index is 0.0272. The van der Waals surface area contributed by atoms with Crippen LogP contribution < -0.4 is 0 Å². The molecule has 68 valence electrons. The summed E-state index contributed by atoms with van der Waals surface area (Å²) in [6.45, 7) is 0.413. The highest BCUT2D eigenvalue weighted by Crippen LogP contribution is 2.16. The van der Waals surface area contributed by atoms with Crippen LogP contribution in [0.1, 0.15) is 0 Å². The molecule has 5 nitrogen and oxygen atoms in total. The number of rotatable bonds is 3. The van der Waals surface area contributed by atoms with E-state index < -0.39 is 0 Å². The van der Waals surface area contributed by atoms with Crippen LogP contribution in [0.15, 0.2) is 16.8 Å². The average molecular weight is 196 g/mol. The van der Waals surface area contributed by atoms with Crippen molar-refractivity contribution in [2.75, 3.05) is 6.61 Å². The lowest BCUT2D eigenvalue weighted by molar-refractivity contribution is 0.259. The summed E-state index contributed by atoms with van der Waals surface area (Å²) in [5, 5.41) is 24.3. The van der Waals surface area contributed by atoms with Crippen LogP contribution in [0.25, 0.3) is 11.4 Å². The van der Waals surface area contributed by atoms with E-state index in [2.05, 4.69) is 15.4 Å². The summed E-state index contributed by atoms with van der Waals surface area (Å²) in [5.41, 5.74) is 0.967. The van der Waals surface area contributed by atoms with Gasteiger partial charge in [0.2, 0.25) is 5.82 Å². The number of hydrogen-bond donors (Lipinski definition) is 1. The van der Waals surface area contributed by atoms with Crippen LogP contribution in [-0.2, 0) is 6.54 Å². The highest BCUT2D eigenvalue weighted by atomic mass is 32.1. The predicted molar refractivity (Wildman–Crippen MR) is 48.2 cm³/mol. The van der Waals surface area contributed by atoms with Crippen molar-refractivity contribution < 1.29 is 5.11 Å². The maximum Gasteiger partial charge on any atom is 0.205 e. The van der Waals surface area contributed by atoms with Gasteiger partial charge in [-0.1, -0.05) is 0 Å². The zero-order valence-corrected chi connectivity index (χ0v) is 7.61. The Bertz CT molecular complexity index is 370. The van der Waals surface area contributed by atoms with Crippen LogP contribution in [-0.4, -0.2) is 31.9 Å². The van der Waals surface area contributed by atoms with E-state index in [0.29, 0.717) is 12.4 Å². The van der Waals surface area contributed by atoms with Gasteiger partial charge in [0.25, 0.3) is 0 Å². The lowest BCUT2D eigenvalue weighted by Crippen LogP contribution is -2.05. The Morgan fingerprint density at radius 1 is 1.54 bits per heavy atom. The monoisotopic (exact) mass is 196 g/mol. The van der Waals surface area contributed by atoms with Crippen LogP contribution in [0.2, 0.25) is 0 Å². The number of aromatic nitrogens is 4. The summed E-state index contributed by atoms with van der Waals surface area (Å²) in [4.78, 5) is 1.38. The molecular formula is C7H8N4OS. The van der Waals surface area contributed by atoms with Crippen LogP contribution >= 0.6 is 11.3 Å². The molecule has 0 fully saturated rings. The lowest BCUT2D eigenvalue weighted by Gasteiger charge is -1.90. The first kappa shape index (κ1) is 8.33. The second-order valence-corrected chi connectivity index (χ2v) is 3.22. The second-order valence-electron chi connectivity index (χ2n) is 2.44. The number of thiophene rings is 1. The Morgan fingerprint density at radius 2 is 2.46 bits per heavy atom. The molecule has 2 heterocycles. The fraction of sp³-hybridized carbons (Fsp3) is 0.286. The second kappa shape index (κ2) is 3.63. The molecule has 0 bridgehead atoms. The van der Waals surface area contributed by atoms with E-state index in [1.165, 1.54) is 4.80 Å². The zero-order chi connectivity index (χ0) is 9.10. The van der Waals surface area contributed by atoms with Crippen molar-refractivity contribution in [3.8, 4) is 11.4 Å². The fourth-order valence-corrected chi connectivity index (χ4v) is 1.57. The zero-order valence-electron chi connectivity index (χ0n) is 6.79. The van der Waals surface area contributed by atoms with Gasteiger partial charge in [-0.25, -0.2) is 0 Å². The largest absolute Gasteiger partial charge is 0.394 e. The third-order valence-corrected chi connectivity index (χ3v) is 2.22. The van der Waals surface area contributed by atoms with Crippen LogP contribution in [0.3, 0.4) is 0 Å². The van der Waals surface area contributed by atoms with Gasteiger partial charge in [0.15, 0.2) is 0 Å². The molecule has 2 aromatic rings. The minimum absolute atomic E-state index is 0.0272. The van der Waals surface area contributed by atoms with E-state index in [1.54, 1.807) is 11.3 Å². The summed E-state index contributed by atoms with van der Waals surface area (Å²) in [6.07, 6.45) is 0. The molecule has 0 atom stereocenters. The standard InChI is InChI=1S/C7H8N4OS/c12-3-2-11-9-7(8-10-11)6-1-4-13-5-6/h1,4-5,12H,2-3H2. The quantitative estimate of drug-likeness (QED) is 0.771. The Morgan fingerprint density at radius 3 is 3.15 bits per heavy atom. The SMILES string of the molecule is OCCn1nnc(-c2ccsc2)n1. The average Bonchev–Trinajstić information content (AvgIpc) is 2.70. The van der Waals surface area contributed by atoms with Crippen molar-refractivity contribution in [1.82, 2.24) is 20.2 Å². The number of tetrazole rings is 1. The molecule has 1 N–H and O–H groups in total. The maximum absolute atomic E-state index is 8.63. The highest BCUT2D eigenvalue weighted by Gasteiger charge is 2.04. The van der Waals surface area contributed by atoms with E-state index in [0.717, 1.165) is 5.56 Å². The first-order valence-electron chi connectivity index (χ1n) is 3.81. The van der Waals surface area contributed by atoms with Gasteiger partial charge in [0, 0.05) is 10.9 Å². The van der Waals surface area contributed by atoms with E-state index >= 15 is 0 Å². The maximum atomic E-state index is 8.63. The summed E-state index contributed by atoms with van der Waals surface area (Å²) < 4.78 is 0. The fourth-order valence-electron chi connectivity index (χ4n) is 0.935. The molecule has 0 saturated heterocycles. The van der Waals surface area contributed by atoms with Crippen molar-refractivity contribution in [2.45, 2.75) is 6.54 Å². The van der Waals surface area contributed by atoms with Gasteiger partial charge in [-0.3, -0.25) is 0 Å². The minimum Gasteiger partial charge on any atom is -0.394 e. The van der Waals surface area contributed by atoms with E-state index in [9.17, 15) is 0 Å². The van der Waals surface area contributed by atoms with Gasteiger partial charge in [-0.2, -0.15) is 16.1 Å². The Balaban J connectivity index is 2.23. The lowest BCUT2D eigenvalue weighted by atomic mass is 10.3. The topological polar surface area (TPSA) is 63.8 Å². The van der Waals surface area contributed by atoms with E-state index in [-0.39, 0.29) is 6.61 Å². The predicted octanol–water partition coefficient (Wildman–Crippen LogP) is 0.394. The third-order valence-electron chi connectivity index (χ3n) is 1.53. The van der Waals surface area contributed by atoms with Crippen molar-refractivity contribution in [3.05, 3.63) is 16.8 Å². The first-order valence-corrected chi connectivity index (χ1v) is 4.75. The summed E-state index contributed by atoms with van der Waals surface area (Å²) in [7, 11) is 0. The van der Waals surface area contributed by atoms with Crippen molar-refractivity contribution >= 4 is 11.3 Å². The smallest absolute Gasteiger partial charge is 0.205 e. The van der Waals surface area contributed by atoms with Gasteiger partial charge in [-0.15, -0.1) is 10.2 Å². The van der Waals surface area contributed by atoms with Gasteiger partial charge >= 0.3 is 0 Å². The van der Waals surface area contributed by atoms with Crippen molar-refractivity contribution in [3.63, 3.8) is 0 Å². The molecular weight excluding hydrogens is 188 g/mol. The number of aliphatic hydroxyl groups is 1. The normalized spacial score (nSPS) is 10.5. The van der Waals surface area contributed by atoms with Crippen molar-refractivity contribution in [2.24, 2.45) is 0 Å². The molecule has 2 aromatic heterocycles. The third kappa shape index (κ3) is 1.73. The van der Waals surface area contributed by atoms with E-state index in [4.69, 9.17) is 5.11 Å². The molecule has 2 rings (SSSR count). The van der Waals surface area contributed by atoms with Gasteiger partial charge in [0.1, 0.15) is 0 Å². The molecule has 0 saturated carbocycles. The molecule has 0 aliphatic rings. The molecule has 13 heavy (non-hydrogen) atoms. The summed E-state index contributed by atoms with van der Waals surface area (Å²) in [5.74, 6) is 0.606. The molecule has 0 unspecified atom stereocenters. The first-order chi connectivity index (χ1) is 6.40. The number of hydrogen-bond acceptors (Lipinski definition) is 5. The van der Waals surface area contributed by atoms with Crippen LogP contribution in [0.5, 0.6) is 0 Å². The molecule has 0 aliphatic carbocycles. The van der Waals surface area contributed by atoms with Crippen LogP contribution in [0, 0.1) is 0 Å². The van der Waals surface area contributed by atoms with Gasteiger partial charge in [-0.05, 0) is 16.7 Å². The molecule has 0 aliphatic heterocycles. The number of nitrogens with zero attached hydrogens (tertiary/aromatic N) is 4. The Kier molecular flexibility index (Phi) is 2.33. The van der Waals surface area contributed by atoms with Crippen molar-refractivity contribution in [1.29, 1.82) is 0 Å².